The molecular weight excluding hydrogens is 172 g/mol. The molecule has 0 unspecified atom stereocenters. The maximum atomic E-state index is 8.70. The second-order valence-electron chi connectivity index (χ2n) is 2.40. The van der Waals surface area contributed by atoms with Gasteiger partial charge in [0.1, 0.15) is 6.04 Å². The fourth-order valence-corrected chi connectivity index (χ4v) is 1.09. The van der Waals surface area contributed by atoms with Gasteiger partial charge in [-0.15, -0.1) is 0 Å². The Kier molecular flexibility index (Phi) is 3.09. The maximum Gasteiger partial charge on any atom is 0.121 e. The molecule has 0 fully saturated rings. The highest BCUT2D eigenvalue weighted by atomic mass is 35.5. The van der Waals surface area contributed by atoms with E-state index in [4.69, 9.17) is 16.9 Å². The van der Waals surface area contributed by atoms with Crippen molar-refractivity contribution in [3.05, 3.63) is 34.9 Å². The van der Waals surface area contributed by atoms with Gasteiger partial charge in [0.05, 0.1) is 6.07 Å². The Hall–Kier alpha value is -1.04. The standard InChI is InChI=1S/C9H9ClN2/c1-12-9(6-11)7-2-4-8(10)5-3-7/h2-5,9,12H,1H3/t9-/m0/s1. The van der Waals surface area contributed by atoms with Gasteiger partial charge >= 0.3 is 0 Å². The van der Waals surface area contributed by atoms with E-state index in [1.165, 1.54) is 0 Å². The molecule has 1 N–H and O–H groups in total. The number of benzene rings is 1. The van der Waals surface area contributed by atoms with Gasteiger partial charge in [-0.3, -0.25) is 0 Å². The molecule has 0 amide bonds. The smallest absolute Gasteiger partial charge is 0.121 e. The van der Waals surface area contributed by atoms with Gasteiger partial charge in [-0.05, 0) is 24.7 Å². The van der Waals surface area contributed by atoms with Crippen LogP contribution in [0.3, 0.4) is 0 Å². The van der Waals surface area contributed by atoms with E-state index in [0.29, 0.717) is 5.02 Å². The van der Waals surface area contributed by atoms with Gasteiger partial charge in [-0.2, -0.15) is 5.26 Å². The summed E-state index contributed by atoms with van der Waals surface area (Å²) in [6.07, 6.45) is 0. The summed E-state index contributed by atoms with van der Waals surface area (Å²) in [7, 11) is 1.75. The summed E-state index contributed by atoms with van der Waals surface area (Å²) in [5.74, 6) is 0. The minimum atomic E-state index is -0.248. The van der Waals surface area contributed by atoms with Crippen LogP contribution in [-0.2, 0) is 0 Å². The molecule has 1 rings (SSSR count). The average Bonchev–Trinajstić information content (AvgIpc) is 2.10. The molecular formula is C9H9ClN2. The molecule has 3 heteroatoms. The number of hydrogen-bond donors (Lipinski definition) is 1. The Morgan fingerprint density at radius 3 is 2.42 bits per heavy atom. The number of nitrogens with one attached hydrogen (secondary N) is 1. The largest absolute Gasteiger partial charge is 0.301 e. The van der Waals surface area contributed by atoms with Crippen molar-refractivity contribution in [1.29, 1.82) is 5.26 Å². The molecule has 0 spiro atoms. The van der Waals surface area contributed by atoms with Crippen molar-refractivity contribution >= 4 is 11.6 Å². The van der Waals surface area contributed by atoms with Gasteiger partial charge in [0, 0.05) is 5.02 Å². The van der Waals surface area contributed by atoms with E-state index in [9.17, 15) is 0 Å². The van der Waals surface area contributed by atoms with Crippen LogP contribution in [0.25, 0.3) is 0 Å². The van der Waals surface area contributed by atoms with E-state index in [1.54, 1.807) is 19.2 Å². The average molecular weight is 181 g/mol. The van der Waals surface area contributed by atoms with Crippen molar-refractivity contribution in [3.8, 4) is 6.07 Å². The Balaban J connectivity index is 2.89. The van der Waals surface area contributed by atoms with Crippen LogP contribution < -0.4 is 5.32 Å². The Morgan fingerprint density at radius 2 is 2.00 bits per heavy atom. The fraction of sp³-hybridized carbons (Fsp3) is 0.222. The van der Waals surface area contributed by atoms with Crippen LogP contribution >= 0.6 is 11.6 Å². The first-order valence-corrected chi connectivity index (χ1v) is 3.98. The van der Waals surface area contributed by atoms with Gasteiger partial charge in [0.25, 0.3) is 0 Å². The highest BCUT2D eigenvalue weighted by Crippen LogP contribution is 2.15. The van der Waals surface area contributed by atoms with Crippen LogP contribution in [0.15, 0.2) is 24.3 Å². The maximum absolute atomic E-state index is 8.70. The van der Waals surface area contributed by atoms with Crippen molar-refractivity contribution < 1.29 is 0 Å². The quantitative estimate of drug-likeness (QED) is 0.757. The number of nitriles is 1. The summed E-state index contributed by atoms with van der Waals surface area (Å²) in [4.78, 5) is 0. The Bertz CT molecular complexity index is 286. The van der Waals surface area contributed by atoms with Crippen molar-refractivity contribution in [2.24, 2.45) is 0 Å². The Labute approximate surface area is 76.8 Å². The fourth-order valence-electron chi connectivity index (χ4n) is 0.961. The normalized spacial score (nSPS) is 12.1. The van der Waals surface area contributed by atoms with Crippen LogP contribution in [0.2, 0.25) is 5.02 Å². The first kappa shape index (κ1) is 9.05. The molecule has 0 aliphatic rings. The monoisotopic (exact) mass is 180 g/mol. The molecule has 0 saturated carbocycles. The van der Waals surface area contributed by atoms with E-state index in [-0.39, 0.29) is 6.04 Å². The van der Waals surface area contributed by atoms with E-state index >= 15 is 0 Å². The summed E-state index contributed by atoms with van der Waals surface area (Å²) >= 11 is 5.70. The summed E-state index contributed by atoms with van der Waals surface area (Å²) < 4.78 is 0. The summed E-state index contributed by atoms with van der Waals surface area (Å²) in [5, 5.41) is 12.3. The van der Waals surface area contributed by atoms with Crippen molar-refractivity contribution in [1.82, 2.24) is 5.32 Å². The van der Waals surface area contributed by atoms with E-state index in [2.05, 4.69) is 11.4 Å². The first-order valence-electron chi connectivity index (χ1n) is 3.60. The molecule has 1 aromatic rings. The lowest BCUT2D eigenvalue weighted by molar-refractivity contribution is 0.727. The molecule has 0 bridgehead atoms. The summed E-state index contributed by atoms with van der Waals surface area (Å²) in [6, 6.07) is 9.12. The molecule has 1 aromatic carbocycles. The molecule has 2 nitrogen and oxygen atoms in total. The second-order valence-corrected chi connectivity index (χ2v) is 2.84. The van der Waals surface area contributed by atoms with Gasteiger partial charge in [-0.25, -0.2) is 0 Å². The van der Waals surface area contributed by atoms with Gasteiger partial charge in [-0.1, -0.05) is 23.7 Å². The van der Waals surface area contributed by atoms with E-state index in [0.717, 1.165) is 5.56 Å². The van der Waals surface area contributed by atoms with Crippen LogP contribution in [0, 0.1) is 11.3 Å². The first-order chi connectivity index (χ1) is 5.77. The minimum Gasteiger partial charge on any atom is -0.301 e. The third-order valence-electron chi connectivity index (χ3n) is 1.62. The van der Waals surface area contributed by atoms with Crippen LogP contribution in [-0.4, -0.2) is 7.05 Å². The highest BCUT2D eigenvalue weighted by Gasteiger charge is 2.05. The zero-order valence-electron chi connectivity index (χ0n) is 6.71. The zero-order valence-corrected chi connectivity index (χ0v) is 7.47. The van der Waals surface area contributed by atoms with Gasteiger partial charge in [0.15, 0.2) is 0 Å². The van der Waals surface area contributed by atoms with E-state index in [1.807, 2.05) is 12.1 Å². The number of rotatable bonds is 2. The van der Waals surface area contributed by atoms with Crippen molar-refractivity contribution in [2.75, 3.05) is 7.05 Å². The number of nitrogens with zero attached hydrogens (tertiary/aromatic N) is 1. The number of halogens is 1. The predicted octanol–water partition coefficient (Wildman–Crippen LogP) is 2.12. The van der Waals surface area contributed by atoms with Crippen LogP contribution in [0.5, 0.6) is 0 Å². The summed E-state index contributed by atoms with van der Waals surface area (Å²) in [6.45, 7) is 0. The van der Waals surface area contributed by atoms with Crippen molar-refractivity contribution in [3.63, 3.8) is 0 Å². The SMILES string of the molecule is CN[C@@H](C#N)c1ccc(Cl)cc1. The minimum absolute atomic E-state index is 0.248. The predicted molar refractivity (Wildman–Crippen MR) is 48.9 cm³/mol. The molecule has 0 saturated heterocycles. The third kappa shape index (κ3) is 1.97. The topological polar surface area (TPSA) is 35.8 Å². The lowest BCUT2D eigenvalue weighted by Crippen LogP contribution is -2.13. The number of hydrogen-bond acceptors (Lipinski definition) is 2. The highest BCUT2D eigenvalue weighted by molar-refractivity contribution is 6.30. The second kappa shape index (κ2) is 4.10. The van der Waals surface area contributed by atoms with Crippen LogP contribution in [0.4, 0.5) is 0 Å². The Morgan fingerprint density at radius 1 is 1.42 bits per heavy atom. The molecule has 1 atom stereocenters. The van der Waals surface area contributed by atoms with Gasteiger partial charge in [0.2, 0.25) is 0 Å². The van der Waals surface area contributed by atoms with Gasteiger partial charge < -0.3 is 5.32 Å². The molecule has 0 aromatic heterocycles. The lowest BCUT2D eigenvalue weighted by Gasteiger charge is -2.06. The van der Waals surface area contributed by atoms with Crippen molar-refractivity contribution in [2.45, 2.75) is 6.04 Å². The molecule has 0 aliphatic heterocycles. The van der Waals surface area contributed by atoms with E-state index < -0.39 is 0 Å². The molecule has 12 heavy (non-hydrogen) atoms. The molecule has 0 radical (unpaired) electrons. The zero-order chi connectivity index (χ0) is 8.97. The molecule has 0 heterocycles. The van der Waals surface area contributed by atoms with Crippen LogP contribution in [0.1, 0.15) is 11.6 Å². The molecule has 0 aliphatic carbocycles. The third-order valence-corrected chi connectivity index (χ3v) is 1.87. The lowest BCUT2D eigenvalue weighted by atomic mass is 10.1. The molecule has 62 valence electrons. The summed E-state index contributed by atoms with van der Waals surface area (Å²) in [5.41, 5.74) is 0.935.